The number of hydrogen-bond acceptors (Lipinski definition) is 7. The summed E-state index contributed by atoms with van der Waals surface area (Å²) >= 11 is 0. The number of ether oxygens (including phenoxy) is 2. The second kappa shape index (κ2) is 7.48. The molecule has 0 aliphatic rings. The Morgan fingerprint density at radius 1 is 1.11 bits per heavy atom. The number of carbonyl (C=O) groups is 1. The highest BCUT2D eigenvalue weighted by Crippen LogP contribution is 2.27. The Morgan fingerprint density at radius 3 is 2.79 bits per heavy atom. The van der Waals surface area contributed by atoms with Crippen molar-refractivity contribution in [3.63, 3.8) is 0 Å². The summed E-state index contributed by atoms with van der Waals surface area (Å²) in [5, 5.41) is 0. The topological polar surface area (TPSA) is 87.3 Å². The molecule has 0 unspecified atom stereocenters. The molecule has 0 atom stereocenters. The summed E-state index contributed by atoms with van der Waals surface area (Å²) in [4.78, 5) is 25.6. The van der Waals surface area contributed by atoms with Crippen LogP contribution in [0.25, 0.3) is 22.7 Å². The number of nitrogens with zero attached hydrogens (tertiary/aromatic N) is 3. The maximum absolute atomic E-state index is 12.8. The first-order valence-electron chi connectivity index (χ1n) is 8.59. The molecule has 0 aliphatic carbocycles. The molecule has 28 heavy (non-hydrogen) atoms. The molecule has 0 bridgehead atoms. The molecule has 0 N–H and O–H groups in total. The number of Topliss-reactive ketones (excluding diaryl/α,β-unsaturated/α-hetero) is 1. The van der Waals surface area contributed by atoms with Crippen LogP contribution in [0.3, 0.4) is 0 Å². The minimum atomic E-state index is -0.0855. The van der Waals surface area contributed by atoms with E-state index in [-0.39, 0.29) is 12.2 Å². The maximum Gasteiger partial charge on any atom is 0.247 e. The third kappa shape index (κ3) is 3.42. The lowest BCUT2D eigenvalue weighted by Crippen LogP contribution is -2.06. The van der Waals surface area contributed by atoms with E-state index in [0.717, 1.165) is 5.56 Å². The summed E-state index contributed by atoms with van der Waals surface area (Å²) in [7, 11) is 3.09. The van der Waals surface area contributed by atoms with Gasteiger partial charge in [0.2, 0.25) is 11.6 Å². The molecule has 7 heteroatoms. The van der Waals surface area contributed by atoms with Crippen LogP contribution in [0.2, 0.25) is 0 Å². The van der Waals surface area contributed by atoms with Crippen LogP contribution in [0.15, 0.2) is 59.4 Å². The van der Waals surface area contributed by atoms with E-state index in [1.165, 1.54) is 7.11 Å². The van der Waals surface area contributed by atoms with Crippen molar-refractivity contribution >= 4 is 17.0 Å². The molecule has 0 saturated heterocycles. The molecule has 3 heterocycles. The number of aromatic nitrogens is 3. The van der Waals surface area contributed by atoms with Crippen LogP contribution in [0.5, 0.6) is 11.5 Å². The van der Waals surface area contributed by atoms with Gasteiger partial charge in [-0.3, -0.25) is 9.78 Å². The Kier molecular flexibility index (Phi) is 4.72. The van der Waals surface area contributed by atoms with Crippen LogP contribution in [-0.4, -0.2) is 35.0 Å². The smallest absolute Gasteiger partial charge is 0.247 e. The lowest BCUT2D eigenvalue weighted by molar-refractivity contribution is 0.0990. The van der Waals surface area contributed by atoms with Gasteiger partial charge in [-0.25, -0.2) is 9.97 Å². The standard InChI is InChI=1S/C21H17N3O4/c1-26-15-5-6-16(19(10-15)27-2)18(25)9-13-8-14(12-22-11-13)20-24-17-4-3-7-23-21(17)28-20/h3-8,10-12H,9H2,1-2H3. The highest BCUT2D eigenvalue weighted by Gasteiger charge is 2.16. The average Bonchev–Trinajstić information content (AvgIpc) is 3.17. The van der Waals surface area contributed by atoms with E-state index in [9.17, 15) is 4.79 Å². The summed E-state index contributed by atoms with van der Waals surface area (Å²) < 4.78 is 16.2. The third-order valence-corrected chi connectivity index (χ3v) is 4.28. The Bertz CT molecular complexity index is 1120. The van der Waals surface area contributed by atoms with E-state index in [2.05, 4.69) is 15.0 Å². The average molecular weight is 375 g/mol. The quantitative estimate of drug-likeness (QED) is 0.475. The van der Waals surface area contributed by atoms with Gasteiger partial charge < -0.3 is 13.9 Å². The largest absolute Gasteiger partial charge is 0.497 e. The van der Waals surface area contributed by atoms with Crippen LogP contribution in [0.1, 0.15) is 15.9 Å². The van der Waals surface area contributed by atoms with Crippen LogP contribution in [0, 0.1) is 0 Å². The zero-order chi connectivity index (χ0) is 19.5. The highest BCUT2D eigenvalue weighted by atomic mass is 16.5. The van der Waals surface area contributed by atoms with Gasteiger partial charge in [0.25, 0.3) is 0 Å². The summed E-state index contributed by atoms with van der Waals surface area (Å²) in [5.41, 5.74) is 3.05. The summed E-state index contributed by atoms with van der Waals surface area (Å²) in [5.74, 6) is 1.43. The molecule has 3 aromatic heterocycles. The van der Waals surface area contributed by atoms with Crippen molar-refractivity contribution in [1.82, 2.24) is 15.0 Å². The number of ketones is 1. The van der Waals surface area contributed by atoms with Gasteiger partial charge in [0.15, 0.2) is 5.78 Å². The van der Waals surface area contributed by atoms with Crippen molar-refractivity contribution < 1.29 is 18.7 Å². The predicted molar refractivity (Wildman–Crippen MR) is 103 cm³/mol. The van der Waals surface area contributed by atoms with E-state index in [4.69, 9.17) is 13.9 Å². The zero-order valence-corrected chi connectivity index (χ0v) is 15.4. The van der Waals surface area contributed by atoms with Gasteiger partial charge >= 0.3 is 0 Å². The lowest BCUT2D eigenvalue weighted by Gasteiger charge is -2.09. The summed E-state index contributed by atoms with van der Waals surface area (Å²) in [6.07, 6.45) is 5.11. The number of methoxy groups -OCH3 is 2. The third-order valence-electron chi connectivity index (χ3n) is 4.28. The Labute approximate surface area is 161 Å². The molecule has 140 valence electrons. The SMILES string of the molecule is COc1ccc(C(=O)Cc2cncc(-c3nc4cccnc4o3)c2)c(OC)c1. The van der Waals surface area contributed by atoms with Crippen LogP contribution in [-0.2, 0) is 6.42 Å². The van der Waals surface area contributed by atoms with Gasteiger partial charge in [0.1, 0.15) is 17.0 Å². The van der Waals surface area contributed by atoms with Crippen molar-refractivity contribution in [2.75, 3.05) is 14.2 Å². The van der Waals surface area contributed by atoms with E-state index in [0.29, 0.717) is 39.7 Å². The first kappa shape index (κ1) is 17.7. The van der Waals surface area contributed by atoms with Gasteiger partial charge in [0.05, 0.1) is 25.3 Å². The number of rotatable bonds is 6. The second-order valence-electron chi connectivity index (χ2n) is 6.09. The molecule has 0 spiro atoms. The molecule has 0 radical (unpaired) electrons. The van der Waals surface area contributed by atoms with Crippen molar-refractivity contribution in [2.45, 2.75) is 6.42 Å². The normalized spacial score (nSPS) is 10.8. The Hall–Kier alpha value is -3.74. The van der Waals surface area contributed by atoms with Crippen molar-refractivity contribution in [3.8, 4) is 23.0 Å². The zero-order valence-electron chi connectivity index (χ0n) is 15.4. The molecule has 0 aliphatic heterocycles. The van der Waals surface area contributed by atoms with Crippen molar-refractivity contribution in [2.24, 2.45) is 0 Å². The molecule has 4 rings (SSSR count). The summed E-state index contributed by atoms with van der Waals surface area (Å²) in [6.45, 7) is 0. The van der Waals surface area contributed by atoms with Crippen molar-refractivity contribution in [1.29, 1.82) is 0 Å². The number of benzene rings is 1. The van der Waals surface area contributed by atoms with Crippen LogP contribution in [0.4, 0.5) is 0 Å². The van der Waals surface area contributed by atoms with Gasteiger partial charge in [-0.15, -0.1) is 0 Å². The van der Waals surface area contributed by atoms with E-state index in [1.54, 1.807) is 50.0 Å². The molecule has 0 amide bonds. The molecular formula is C21H17N3O4. The lowest BCUT2D eigenvalue weighted by atomic mass is 10.0. The Morgan fingerprint density at radius 2 is 2.00 bits per heavy atom. The number of pyridine rings is 2. The number of carbonyl (C=O) groups excluding carboxylic acids is 1. The fourth-order valence-corrected chi connectivity index (χ4v) is 2.90. The fraction of sp³-hybridized carbons (Fsp3) is 0.143. The fourth-order valence-electron chi connectivity index (χ4n) is 2.90. The van der Waals surface area contributed by atoms with E-state index in [1.807, 2.05) is 12.1 Å². The minimum absolute atomic E-state index is 0.0855. The van der Waals surface area contributed by atoms with Crippen LogP contribution < -0.4 is 9.47 Å². The molecule has 4 aromatic rings. The van der Waals surface area contributed by atoms with Gasteiger partial charge in [-0.1, -0.05) is 0 Å². The molecule has 0 saturated carbocycles. The number of fused-ring (bicyclic) bond motifs is 1. The minimum Gasteiger partial charge on any atom is -0.497 e. The van der Waals surface area contributed by atoms with Crippen molar-refractivity contribution in [3.05, 3.63) is 66.1 Å². The number of oxazole rings is 1. The molecule has 0 fully saturated rings. The summed E-state index contributed by atoms with van der Waals surface area (Å²) in [6, 6.07) is 10.6. The number of hydrogen-bond donors (Lipinski definition) is 0. The van der Waals surface area contributed by atoms with E-state index >= 15 is 0 Å². The molecule has 7 nitrogen and oxygen atoms in total. The van der Waals surface area contributed by atoms with Crippen LogP contribution >= 0.6 is 0 Å². The van der Waals surface area contributed by atoms with Gasteiger partial charge in [0, 0.05) is 31.1 Å². The Balaban J connectivity index is 1.61. The monoisotopic (exact) mass is 375 g/mol. The molecular weight excluding hydrogens is 358 g/mol. The van der Waals surface area contributed by atoms with Gasteiger partial charge in [-0.05, 0) is 35.9 Å². The van der Waals surface area contributed by atoms with Gasteiger partial charge in [-0.2, -0.15) is 0 Å². The first-order valence-corrected chi connectivity index (χ1v) is 8.59. The maximum atomic E-state index is 12.8. The predicted octanol–water partition coefficient (Wildman–Crippen LogP) is 3.73. The molecule has 1 aromatic carbocycles. The highest BCUT2D eigenvalue weighted by molar-refractivity contribution is 6.00. The first-order chi connectivity index (χ1) is 13.7. The van der Waals surface area contributed by atoms with E-state index < -0.39 is 0 Å². The second-order valence-corrected chi connectivity index (χ2v) is 6.09.